The Bertz CT molecular complexity index is 201. The van der Waals surface area contributed by atoms with E-state index in [1.54, 1.807) is 6.92 Å². The second-order valence-electron chi connectivity index (χ2n) is 3.90. The molecule has 0 saturated heterocycles. The van der Waals surface area contributed by atoms with E-state index in [1.807, 2.05) is 0 Å². The lowest BCUT2D eigenvalue weighted by Crippen LogP contribution is -2.29. The molecular weight excluding hydrogens is 196 g/mol. The van der Waals surface area contributed by atoms with Crippen molar-refractivity contribution in [3.05, 3.63) is 0 Å². The van der Waals surface area contributed by atoms with Gasteiger partial charge in [-0.2, -0.15) is 0 Å². The number of unbranched alkanes of at least 4 members (excludes halogenated alkanes) is 4. The van der Waals surface area contributed by atoms with Gasteiger partial charge in [-0.25, -0.2) is 0 Å². The summed E-state index contributed by atoms with van der Waals surface area (Å²) < 4.78 is 0. The SMILES string of the molecule is CC(CCCCCCCC(=O)[O-])C(=O)[O-]. The summed E-state index contributed by atoms with van der Waals surface area (Å²) in [6.45, 7) is 1.64. The van der Waals surface area contributed by atoms with Crippen molar-refractivity contribution in [1.29, 1.82) is 0 Å². The first-order valence-corrected chi connectivity index (χ1v) is 5.44. The summed E-state index contributed by atoms with van der Waals surface area (Å²) in [7, 11) is 0. The number of carbonyl (C=O) groups excluding carboxylic acids is 2. The Labute approximate surface area is 90.3 Å². The predicted octanol–water partition coefficient (Wildman–Crippen LogP) is -0.147. The van der Waals surface area contributed by atoms with Gasteiger partial charge in [0.2, 0.25) is 0 Å². The van der Waals surface area contributed by atoms with Gasteiger partial charge in [-0.1, -0.05) is 32.6 Å². The first-order valence-electron chi connectivity index (χ1n) is 5.44. The van der Waals surface area contributed by atoms with Crippen LogP contribution in [-0.4, -0.2) is 11.9 Å². The fraction of sp³-hybridized carbons (Fsp3) is 0.818. The van der Waals surface area contributed by atoms with Crippen LogP contribution in [0.3, 0.4) is 0 Å². The van der Waals surface area contributed by atoms with Crippen molar-refractivity contribution in [2.75, 3.05) is 0 Å². The highest BCUT2D eigenvalue weighted by molar-refractivity contribution is 5.66. The lowest BCUT2D eigenvalue weighted by Gasteiger charge is -2.11. The van der Waals surface area contributed by atoms with Gasteiger partial charge in [-0.05, 0) is 25.2 Å². The number of carboxylic acids is 2. The molecule has 0 bridgehead atoms. The van der Waals surface area contributed by atoms with Gasteiger partial charge in [0.1, 0.15) is 0 Å². The maximum absolute atomic E-state index is 10.4. The van der Waals surface area contributed by atoms with Crippen LogP contribution in [0.2, 0.25) is 0 Å². The van der Waals surface area contributed by atoms with Crippen molar-refractivity contribution in [3.63, 3.8) is 0 Å². The van der Waals surface area contributed by atoms with Crippen LogP contribution in [-0.2, 0) is 9.59 Å². The molecule has 0 aromatic rings. The number of rotatable bonds is 9. The number of hydrogen-bond donors (Lipinski definition) is 0. The molecule has 0 spiro atoms. The van der Waals surface area contributed by atoms with Crippen LogP contribution in [0.25, 0.3) is 0 Å². The summed E-state index contributed by atoms with van der Waals surface area (Å²) >= 11 is 0. The number of hydrogen-bond acceptors (Lipinski definition) is 4. The molecule has 0 aliphatic rings. The molecule has 0 aliphatic heterocycles. The third-order valence-corrected chi connectivity index (χ3v) is 2.42. The highest BCUT2D eigenvalue weighted by Gasteiger charge is 2.01. The van der Waals surface area contributed by atoms with Crippen LogP contribution in [0.15, 0.2) is 0 Å². The van der Waals surface area contributed by atoms with Gasteiger partial charge >= 0.3 is 0 Å². The summed E-state index contributed by atoms with van der Waals surface area (Å²) in [6.07, 6.45) is 5.04. The maximum Gasteiger partial charge on any atom is 0.0442 e. The topological polar surface area (TPSA) is 80.3 Å². The minimum absolute atomic E-state index is 0.120. The minimum atomic E-state index is -0.999. The van der Waals surface area contributed by atoms with Gasteiger partial charge in [0.05, 0.1) is 0 Å². The summed E-state index contributed by atoms with van der Waals surface area (Å²) in [4.78, 5) is 20.4. The molecule has 0 amide bonds. The summed E-state index contributed by atoms with van der Waals surface area (Å²) in [5.74, 6) is -2.37. The number of carboxylic acid groups (broad SMARTS) is 2. The quantitative estimate of drug-likeness (QED) is 0.500. The Morgan fingerprint density at radius 2 is 1.53 bits per heavy atom. The molecule has 4 nitrogen and oxygen atoms in total. The minimum Gasteiger partial charge on any atom is -0.550 e. The zero-order valence-electron chi connectivity index (χ0n) is 9.16. The summed E-state index contributed by atoms with van der Waals surface area (Å²) in [5.41, 5.74) is 0. The van der Waals surface area contributed by atoms with Crippen LogP contribution in [0.5, 0.6) is 0 Å². The smallest absolute Gasteiger partial charge is 0.0442 e. The Morgan fingerprint density at radius 3 is 2.07 bits per heavy atom. The van der Waals surface area contributed by atoms with E-state index in [2.05, 4.69) is 0 Å². The third kappa shape index (κ3) is 9.25. The molecule has 0 aromatic heterocycles. The van der Waals surface area contributed by atoms with E-state index in [0.717, 1.165) is 25.7 Å². The van der Waals surface area contributed by atoms with E-state index in [9.17, 15) is 19.8 Å². The lowest BCUT2D eigenvalue weighted by atomic mass is 10.0. The van der Waals surface area contributed by atoms with Gasteiger partial charge in [-0.3, -0.25) is 0 Å². The molecule has 1 unspecified atom stereocenters. The van der Waals surface area contributed by atoms with Crippen LogP contribution in [0.4, 0.5) is 0 Å². The second-order valence-corrected chi connectivity index (χ2v) is 3.90. The standard InChI is InChI=1S/C11H20O4/c1-9(11(14)15)7-5-3-2-4-6-8-10(12)13/h9H,2-8H2,1H3,(H,12,13)(H,14,15)/p-2. The van der Waals surface area contributed by atoms with Crippen molar-refractivity contribution in [2.45, 2.75) is 51.9 Å². The molecular formula is C11H18O4-2. The maximum atomic E-state index is 10.4. The van der Waals surface area contributed by atoms with Crippen molar-refractivity contribution < 1.29 is 19.8 Å². The van der Waals surface area contributed by atoms with E-state index in [1.165, 1.54) is 0 Å². The van der Waals surface area contributed by atoms with Crippen LogP contribution in [0, 0.1) is 5.92 Å². The zero-order chi connectivity index (χ0) is 11.7. The van der Waals surface area contributed by atoms with Crippen LogP contribution >= 0.6 is 0 Å². The highest BCUT2D eigenvalue weighted by atomic mass is 16.4. The highest BCUT2D eigenvalue weighted by Crippen LogP contribution is 2.11. The van der Waals surface area contributed by atoms with E-state index >= 15 is 0 Å². The molecule has 0 rings (SSSR count). The Hall–Kier alpha value is -1.06. The average Bonchev–Trinajstić information content (AvgIpc) is 2.15. The molecule has 1 atom stereocenters. The average molecular weight is 214 g/mol. The van der Waals surface area contributed by atoms with E-state index < -0.39 is 11.9 Å². The summed E-state index contributed by atoms with van der Waals surface area (Å²) in [6, 6.07) is 0. The Balaban J connectivity index is 3.18. The fourth-order valence-electron chi connectivity index (χ4n) is 1.37. The van der Waals surface area contributed by atoms with E-state index in [-0.39, 0.29) is 12.3 Å². The predicted molar refractivity (Wildman–Crippen MR) is 51.5 cm³/mol. The normalized spacial score (nSPS) is 12.3. The van der Waals surface area contributed by atoms with Gasteiger partial charge < -0.3 is 19.8 Å². The van der Waals surface area contributed by atoms with Crippen molar-refractivity contribution >= 4 is 11.9 Å². The van der Waals surface area contributed by atoms with Gasteiger partial charge in [0, 0.05) is 11.9 Å². The van der Waals surface area contributed by atoms with Gasteiger partial charge in [0.15, 0.2) is 0 Å². The fourth-order valence-corrected chi connectivity index (χ4v) is 1.37. The van der Waals surface area contributed by atoms with Crippen LogP contribution in [0.1, 0.15) is 51.9 Å². The first kappa shape index (κ1) is 13.9. The second kappa shape index (κ2) is 8.26. The largest absolute Gasteiger partial charge is 0.550 e. The number of carbonyl (C=O) groups is 2. The van der Waals surface area contributed by atoms with Crippen molar-refractivity contribution in [3.8, 4) is 0 Å². The molecule has 4 heteroatoms. The first-order chi connectivity index (χ1) is 7.04. The summed E-state index contributed by atoms with van der Waals surface area (Å²) in [5, 5.41) is 20.4. The molecule has 88 valence electrons. The van der Waals surface area contributed by atoms with Crippen molar-refractivity contribution in [2.24, 2.45) is 5.92 Å². The molecule has 0 aliphatic carbocycles. The van der Waals surface area contributed by atoms with Gasteiger partial charge in [0.25, 0.3) is 0 Å². The molecule has 0 radical (unpaired) electrons. The van der Waals surface area contributed by atoms with E-state index in [0.29, 0.717) is 12.8 Å². The Morgan fingerprint density at radius 1 is 1.00 bits per heavy atom. The van der Waals surface area contributed by atoms with Crippen LogP contribution < -0.4 is 10.2 Å². The molecule has 0 heterocycles. The Kier molecular flexibility index (Phi) is 7.68. The number of aliphatic carboxylic acids is 2. The lowest BCUT2D eigenvalue weighted by molar-refractivity contribution is -0.311. The molecule has 15 heavy (non-hydrogen) atoms. The monoisotopic (exact) mass is 214 g/mol. The molecule has 0 fully saturated rings. The van der Waals surface area contributed by atoms with Crippen molar-refractivity contribution in [1.82, 2.24) is 0 Å². The van der Waals surface area contributed by atoms with E-state index in [4.69, 9.17) is 0 Å². The third-order valence-electron chi connectivity index (χ3n) is 2.42. The molecule has 0 aromatic carbocycles. The zero-order valence-corrected chi connectivity index (χ0v) is 9.16. The van der Waals surface area contributed by atoms with Gasteiger partial charge in [-0.15, -0.1) is 0 Å². The molecule has 0 saturated carbocycles. The molecule has 0 N–H and O–H groups in total.